The Kier molecular flexibility index (Phi) is 3.67. The smallest absolute Gasteiger partial charge is 0.297 e. The molecular formula is C16H19F3N4O. The van der Waals surface area contributed by atoms with Crippen molar-refractivity contribution >= 4 is 11.0 Å². The largest absolute Gasteiger partial charge is 0.408 e. The molecule has 3 heterocycles. The van der Waals surface area contributed by atoms with Crippen LogP contribution in [-0.2, 0) is 19.4 Å². The van der Waals surface area contributed by atoms with E-state index in [-0.39, 0.29) is 11.7 Å². The highest BCUT2D eigenvalue weighted by Crippen LogP contribution is 2.30. The van der Waals surface area contributed by atoms with Crippen LogP contribution in [0, 0.1) is 0 Å². The summed E-state index contributed by atoms with van der Waals surface area (Å²) in [4.78, 5) is 13.0. The van der Waals surface area contributed by atoms with Crippen LogP contribution in [0.4, 0.5) is 13.2 Å². The van der Waals surface area contributed by atoms with E-state index >= 15 is 0 Å². The molecule has 1 saturated heterocycles. The molecule has 24 heavy (non-hydrogen) atoms. The molecule has 0 saturated carbocycles. The number of nitrogens with zero attached hydrogens (tertiary/aromatic N) is 3. The summed E-state index contributed by atoms with van der Waals surface area (Å²) < 4.78 is 41.2. The molecule has 5 nitrogen and oxygen atoms in total. The second-order valence-corrected chi connectivity index (χ2v) is 6.61. The second-order valence-electron chi connectivity index (χ2n) is 6.61. The van der Waals surface area contributed by atoms with Gasteiger partial charge < -0.3 is 0 Å². The van der Waals surface area contributed by atoms with E-state index in [0.717, 1.165) is 54.5 Å². The third kappa shape index (κ3) is 2.53. The van der Waals surface area contributed by atoms with Gasteiger partial charge in [-0.3, -0.25) is 14.7 Å². The van der Waals surface area contributed by atoms with E-state index in [1.807, 2.05) is 0 Å². The average Bonchev–Trinajstić information content (AvgIpc) is 3.17. The van der Waals surface area contributed by atoms with Crippen LogP contribution in [0.25, 0.3) is 11.0 Å². The summed E-state index contributed by atoms with van der Waals surface area (Å²) in [6.07, 6.45) is 1.85. The maximum absolute atomic E-state index is 13.0. The fraction of sp³-hybridized carbons (Fsp3) is 0.625. The quantitative estimate of drug-likeness (QED) is 0.914. The fourth-order valence-electron chi connectivity index (χ4n) is 3.99. The number of pyridine rings is 1. The summed E-state index contributed by atoms with van der Waals surface area (Å²) in [6, 6.07) is 0. The molecule has 1 fully saturated rings. The predicted octanol–water partition coefficient (Wildman–Crippen LogP) is 2.52. The molecule has 130 valence electrons. The molecule has 8 heteroatoms. The summed E-state index contributed by atoms with van der Waals surface area (Å²) in [7, 11) is 0. The highest BCUT2D eigenvalue weighted by Gasteiger charge is 2.32. The molecule has 0 radical (unpaired) electrons. The molecule has 0 spiro atoms. The van der Waals surface area contributed by atoms with E-state index in [2.05, 4.69) is 10.4 Å². The van der Waals surface area contributed by atoms with Gasteiger partial charge in [-0.05, 0) is 50.6 Å². The Morgan fingerprint density at radius 1 is 1.21 bits per heavy atom. The van der Waals surface area contributed by atoms with Gasteiger partial charge in [-0.25, -0.2) is 4.68 Å². The third-order valence-corrected chi connectivity index (χ3v) is 4.98. The van der Waals surface area contributed by atoms with E-state index in [4.69, 9.17) is 0 Å². The lowest BCUT2D eigenvalue weighted by atomic mass is 9.91. The van der Waals surface area contributed by atoms with Gasteiger partial charge >= 0.3 is 6.18 Å². The fourth-order valence-corrected chi connectivity index (χ4v) is 3.99. The van der Waals surface area contributed by atoms with Gasteiger partial charge in [0.25, 0.3) is 5.56 Å². The Labute approximate surface area is 136 Å². The summed E-state index contributed by atoms with van der Waals surface area (Å²) in [5, 5.41) is 7.90. The zero-order chi connectivity index (χ0) is 16.9. The Hall–Kier alpha value is -1.83. The molecule has 2 aromatic rings. The zero-order valence-corrected chi connectivity index (χ0v) is 13.2. The molecule has 0 unspecified atom stereocenters. The molecule has 1 N–H and O–H groups in total. The summed E-state index contributed by atoms with van der Waals surface area (Å²) in [5.41, 5.74) is 1.80. The van der Waals surface area contributed by atoms with Crippen LogP contribution in [0.2, 0.25) is 0 Å². The zero-order valence-electron chi connectivity index (χ0n) is 13.2. The molecule has 0 aromatic carbocycles. The monoisotopic (exact) mass is 340 g/mol. The molecular weight excluding hydrogens is 321 g/mol. The Morgan fingerprint density at radius 3 is 2.62 bits per heavy atom. The third-order valence-electron chi connectivity index (χ3n) is 4.98. The first-order valence-electron chi connectivity index (χ1n) is 8.37. The number of aryl methyl sites for hydroxylation is 1. The first kappa shape index (κ1) is 15.7. The second kappa shape index (κ2) is 5.61. The molecule has 0 bridgehead atoms. The topological polar surface area (TPSA) is 51.9 Å². The van der Waals surface area contributed by atoms with Crippen LogP contribution in [0.15, 0.2) is 11.0 Å². The number of aromatic nitrogens is 3. The van der Waals surface area contributed by atoms with E-state index in [9.17, 15) is 18.0 Å². The minimum Gasteiger partial charge on any atom is -0.297 e. The van der Waals surface area contributed by atoms with Gasteiger partial charge in [-0.1, -0.05) is 0 Å². The predicted molar refractivity (Wildman–Crippen MR) is 83.0 cm³/mol. The minimum absolute atomic E-state index is 0.152. The van der Waals surface area contributed by atoms with Crippen LogP contribution >= 0.6 is 0 Å². The van der Waals surface area contributed by atoms with Crippen LogP contribution in [-0.4, -0.2) is 27.1 Å². The van der Waals surface area contributed by atoms with Gasteiger partial charge in [0, 0.05) is 10.9 Å². The number of nitrogens with one attached hydrogen (secondary N) is 1. The van der Waals surface area contributed by atoms with Crippen molar-refractivity contribution in [3.63, 3.8) is 0 Å². The summed E-state index contributed by atoms with van der Waals surface area (Å²) >= 11 is 0. The van der Waals surface area contributed by atoms with Gasteiger partial charge in [0.05, 0.1) is 12.4 Å². The van der Waals surface area contributed by atoms with Crippen molar-refractivity contribution in [2.24, 2.45) is 0 Å². The lowest BCUT2D eigenvalue weighted by Crippen LogP contribution is -2.35. The van der Waals surface area contributed by atoms with E-state index in [1.165, 1.54) is 10.8 Å². The molecule has 1 aliphatic heterocycles. The number of hydrogen-bond donors (Lipinski definition) is 1. The highest BCUT2D eigenvalue weighted by atomic mass is 19.4. The van der Waals surface area contributed by atoms with Gasteiger partial charge in [0.1, 0.15) is 12.2 Å². The maximum Gasteiger partial charge on any atom is 0.408 e. The van der Waals surface area contributed by atoms with Crippen LogP contribution in [0.3, 0.4) is 0 Å². The Morgan fingerprint density at radius 2 is 1.96 bits per heavy atom. The highest BCUT2D eigenvalue weighted by molar-refractivity contribution is 5.81. The number of hydrogen-bond acceptors (Lipinski definition) is 3. The lowest BCUT2D eigenvalue weighted by molar-refractivity contribution is -0.142. The molecule has 0 amide bonds. The molecule has 1 aliphatic carbocycles. The molecule has 2 aliphatic rings. The van der Waals surface area contributed by atoms with E-state index < -0.39 is 12.7 Å². The lowest BCUT2D eigenvalue weighted by Gasteiger charge is -2.23. The number of rotatable bonds is 2. The van der Waals surface area contributed by atoms with Crippen molar-refractivity contribution in [1.82, 2.24) is 19.7 Å². The van der Waals surface area contributed by atoms with Crippen molar-refractivity contribution in [1.29, 1.82) is 0 Å². The summed E-state index contributed by atoms with van der Waals surface area (Å²) in [6.45, 7) is -0.412. The number of fused-ring (bicyclic) bond motifs is 3. The first-order valence-corrected chi connectivity index (χ1v) is 8.37. The number of alkyl halides is 3. The Bertz CT molecular complexity index is 830. The number of halogens is 3. The van der Waals surface area contributed by atoms with Crippen molar-refractivity contribution in [3.05, 3.63) is 27.7 Å². The summed E-state index contributed by atoms with van der Waals surface area (Å²) in [5.74, 6) is 0. The van der Waals surface area contributed by atoms with Gasteiger partial charge in [0.15, 0.2) is 0 Å². The SMILES string of the molecule is O=c1c2c(c3cnn(CC(F)(F)F)c3n1[C@@H]1CCCN1)CCCC2. The average molecular weight is 340 g/mol. The molecule has 1 atom stereocenters. The normalized spacial score (nSPS) is 21.4. The standard InChI is InChI=1S/C16H19F3N4O/c17-16(18,19)9-22-14-12(8-21-22)10-4-1-2-5-11(10)15(24)23(14)13-6-3-7-20-13/h8,13,20H,1-7,9H2/t13-/m1/s1. The van der Waals surface area contributed by atoms with Gasteiger partial charge in [0.2, 0.25) is 0 Å². The first-order chi connectivity index (χ1) is 11.5. The van der Waals surface area contributed by atoms with Crippen LogP contribution in [0.1, 0.15) is 43.0 Å². The Balaban J connectivity index is 2.00. The van der Waals surface area contributed by atoms with Crippen LogP contribution in [0.5, 0.6) is 0 Å². The van der Waals surface area contributed by atoms with E-state index in [0.29, 0.717) is 17.5 Å². The van der Waals surface area contributed by atoms with E-state index in [1.54, 1.807) is 0 Å². The molecule has 2 aromatic heterocycles. The minimum atomic E-state index is -4.38. The van der Waals surface area contributed by atoms with Crippen molar-refractivity contribution in [3.8, 4) is 0 Å². The van der Waals surface area contributed by atoms with Crippen molar-refractivity contribution < 1.29 is 13.2 Å². The van der Waals surface area contributed by atoms with Gasteiger partial charge in [-0.2, -0.15) is 18.3 Å². The van der Waals surface area contributed by atoms with Crippen molar-refractivity contribution in [2.75, 3.05) is 6.54 Å². The van der Waals surface area contributed by atoms with Crippen molar-refractivity contribution in [2.45, 2.75) is 57.4 Å². The van der Waals surface area contributed by atoms with Crippen LogP contribution < -0.4 is 10.9 Å². The van der Waals surface area contributed by atoms with Gasteiger partial charge in [-0.15, -0.1) is 0 Å². The maximum atomic E-state index is 13.0. The molecule has 4 rings (SSSR count).